The van der Waals surface area contributed by atoms with E-state index in [-0.39, 0.29) is 0 Å². The minimum absolute atomic E-state index is 0.694. The Balaban J connectivity index is 1.75. The molecule has 16 heavy (non-hydrogen) atoms. The highest BCUT2D eigenvalue weighted by Crippen LogP contribution is 2.20. The Morgan fingerprint density at radius 2 is 2.38 bits per heavy atom. The molecule has 1 heterocycles. The van der Waals surface area contributed by atoms with Crippen molar-refractivity contribution in [3.05, 3.63) is 29.3 Å². The lowest BCUT2D eigenvalue weighted by atomic mass is 10.1. The number of benzene rings is 1. The van der Waals surface area contributed by atoms with Gasteiger partial charge in [0.2, 0.25) is 0 Å². The molecule has 0 bridgehead atoms. The summed E-state index contributed by atoms with van der Waals surface area (Å²) in [6.45, 7) is 2.00. The highest BCUT2D eigenvalue weighted by atomic mass is 35.5. The average Bonchev–Trinajstić information content (AvgIpc) is 2.65. The first-order valence-electron chi connectivity index (χ1n) is 5.84. The Hall–Kier alpha value is -0.730. The topological polar surface area (TPSA) is 12.5 Å². The van der Waals surface area contributed by atoms with Crippen LogP contribution in [0.25, 0.3) is 0 Å². The number of likely N-dealkylation sites (tertiary alicyclic amines) is 1. The van der Waals surface area contributed by atoms with Gasteiger partial charge in [-0.15, -0.1) is 0 Å². The van der Waals surface area contributed by atoms with Crippen LogP contribution in [0, 0.1) is 0 Å². The van der Waals surface area contributed by atoms with E-state index in [9.17, 15) is 0 Å². The second kappa shape index (κ2) is 5.55. The molecular formula is C13H18ClNO. The second-order valence-corrected chi connectivity index (χ2v) is 4.81. The summed E-state index contributed by atoms with van der Waals surface area (Å²) in [6.07, 6.45) is 3.72. The molecule has 1 saturated heterocycles. The lowest BCUT2D eigenvalue weighted by Crippen LogP contribution is -2.26. The van der Waals surface area contributed by atoms with Gasteiger partial charge in [0.05, 0.1) is 6.61 Å². The Morgan fingerprint density at radius 3 is 3.06 bits per heavy atom. The fraction of sp³-hybridized carbons (Fsp3) is 0.538. The average molecular weight is 240 g/mol. The summed E-state index contributed by atoms with van der Waals surface area (Å²) < 4.78 is 5.69. The molecule has 0 N–H and O–H groups in total. The highest BCUT2D eigenvalue weighted by molar-refractivity contribution is 6.30. The van der Waals surface area contributed by atoms with Crippen molar-refractivity contribution in [3.63, 3.8) is 0 Å². The number of hydrogen-bond donors (Lipinski definition) is 0. The van der Waals surface area contributed by atoms with Crippen LogP contribution in [0.5, 0.6) is 5.75 Å². The van der Waals surface area contributed by atoms with E-state index in [1.165, 1.54) is 19.4 Å². The van der Waals surface area contributed by atoms with Gasteiger partial charge in [0.15, 0.2) is 0 Å². The summed E-state index contributed by atoms with van der Waals surface area (Å²) in [5.41, 5.74) is 0. The van der Waals surface area contributed by atoms with Crippen LogP contribution in [-0.4, -0.2) is 31.1 Å². The third-order valence-corrected chi connectivity index (χ3v) is 3.42. The van der Waals surface area contributed by atoms with E-state index in [2.05, 4.69) is 11.9 Å². The van der Waals surface area contributed by atoms with Crippen LogP contribution in [0.4, 0.5) is 0 Å². The van der Waals surface area contributed by atoms with E-state index in [4.69, 9.17) is 16.3 Å². The van der Waals surface area contributed by atoms with Crippen LogP contribution in [0.3, 0.4) is 0 Å². The van der Waals surface area contributed by atoms with Crippen LogP contribution in [-0.2, 0) is 0 Å². The summed E-state index contributed by atoms with van der Waals surface area (Å²) in [5, 5.41) is 0.732. The third kappa shape index (κ3) is 3.13. The van der Waals surface area contributed by atoms with Gasteiger partial charge in [-0.25, -0.2) is 0 Å². The molecule has 88 valence electrons. The zero-order valence-electron chi connectivity index (χ0n) is 9.66. The van der Waals surface area contributed by atoms with Gasteiger partial charge in [-0.05, 0) is 51.1 Å². The van der Waals surface area contributed by atoms with E-state index in [0.717, 1.165) is 23.8 Å². The summed E-state index contributed by atoms with van der Waals surface area (Å²) in [7, 11) is 2.19. The first-order chi connectivity index (χ1) is 7.75. The smallest absolute Gasteiger partial charge is 0.120 e. The molecule has 1 fully saturated rings. The fourth-order valence-electron chi connectivity index (χ4n) is 2.21. The molecule has 0 aromatic heterocycles. The zero-order chi connectivity index (χ0) is 11.4. The number of nitrogens with zero attached hydrogens (tertiary/aromatic N) is 1. The molecule has 0 aliphatic carbocycles. The third-order valence-electron chi connectivity index (χ3n) is 3.19. The van der Waals surface area contributed by atoms with Crippen molar-refractivity contribution in [1.82, 2.24) is 4.90 Å². The Kier molecular flexibility index (Phi) is 4.08. The number of rotatable bonds is 4. The molecule has 2 nitrogen and oxygen atoms in total. The van der Waals surface area contributed by atoms with Crippen molar-refractivity contribution in [2.24, 2.45) is 0 Å². The van der Waals surface area contributed by atoms with Crippen LogP contribution < -0.4 is 4.74 Å². The first kappa shape index (κ1) is 11.7. The van der Waals surface area contributed by atoms with E-state index in [1.54, 1.807) is 0 Å². The lowest BCUT2D eigenvalue weighted by molar-refractivity contribution is 0.233. The molecule has 2 rings (SSSR count). The van der Waals surface area contributed by atoms with Gasteiger partial charge < -0.3 is 9.64 Å². The molecular weight excluding hydrogens is 222 g/mol. The number of halogens is 1. The van der Waals surface area contributed by atoms with Gasteiger partial charge in [0.25, 0.3) is 0 Å². The number of hydrogen-bond acceptors (Lipinski definition) is 2. The maximum absolute atomic E-state index is 5.89. The summed E-state index contributed by atoms with van der Waals surface area (Å²) in [4.78, 5) is 2.42. The van der Waals surface area contributed by atoms with Crippen LogP contribution in [0.1, 0.15) is 19.3 Å². The SMILES string of the molecule is CN1CCCC1CCOc1cccc(Cl)c1. The second-order valence-electron chi connectivity index (χ2n) is 4.37. The minimum atomic E-state index is 0.694. The molecule has 0 radical (unpaired) electrons. The Morgan fingerprint density at radius 1 is 1.50 bits per heavy atom. The molecule has 1 aliphatic rings. The van der Waals surface area contributed by atoms with Gasteiger partial charge in [-0.3, -0.25) is 0 Å². The standard InChI is InChI=1S/C13H18ClNO/c1-15-8-3-5-12(15)7-9-16-13-6-2-4-11(14)10-13/h2,4,6,10,12H,3,5,7-9H2,1H3. The first-order valence-corrected chi connectivity index (χ1v) is 6.22. The highest BCUT2D eigenvalue weighted by Gasteiger charge is 2.20. The van der Waals surface area contributed by atoms with Crippen LogP contribution in [0.15, 0.2) is 24.3 Å². The lowest BCUT2D eigenvalue weighted by Gasteiger charge is -2.19. The van der Waals surface area contributed by atoms with Crippen molar-refractivity contribution in [2.75, 3.05) is 20.2 Å². The molecule has 1 aromatic carbocycles. The fourth-order valence-corrected chi connectivity index (χ4v) is 2.39. The predicted molar refractivity (Wildman–Crippen MR) is 67.2 cm³/mol. The Labute approximate surface area is 102 Å². The van der Waals surface area contributed by atoms with E-state index >= 15 is 0 Å². The largest absolute Gasteiger partial charge is 0.493 e. The van der Waals surface area contributed by atoms with Gasteiger partial charge in [0, 0.05) is 11.1 Å². The van der Waals surface area contributed by atoms with Crippen molar-refractivity contribution in [1.29, 1.82) is 0 Å². The molecule has 1 atom stereocenters. The van der Waals surface area contributed by atoms with Crippen LogP contribution in [0.2, 0.25) is 5.02 Å². The summed E-state index contributed by atoms with van der Waals surface area (Å²) in [5.74, 6) is 0.869. The predicted octanol–water partition coefficient (Wildman–Crippen LogP) is 3.20. The summed E-state index contributed by atoms with van der Waals surface area (Å²) in [6, 6.07) is 8.28. The van der Waals surface area contributed by atoms with E-state index in [0.29, 0.717) is 6.04 Å². The van der Waals surface area contributed by atoms with Gasteiger partial charge in [-0.2, -0.15) is 0 Å². The summed E-state index contributed by atoms with van der Waals surface area (Å²) >= 11 is 5.89. The van der Waals surface area contributed by atoms with Crippen molar-refractivity contribution in [2.45, 2.75) is 25.3 Å². The van der Waals surface area contributed by atoms with Gasteiger partial charge >= 0.3 is 0 Å². The quantitative estimate of drug-likeness (QED) is 0.800. The van der Waals surface area contributed by atoms with Crippen LogP contribution >= 0.6 is 11.6 Å². The molecule has 3 heteroatoms. The van der Waals surface area contributed by atoms with Crippen molar-refractivity contribution >= 4 is 11.6 Å². The number of ether oxygens (including phenoxy) is 1. The maximum Gasteiger partial charge on any atom is 0.120 e. The molecule has 1 aromatic rings. The molecule has 1 aliphatic heterocycles. The Bertz CT molecular complexity index is 342. The van der Waals surface area contributed by atoms with Gasteiger partial charge in [-0.1, -0.05) is 17.7 Å². The monoisotopic (exact) mass is 239 g/mol. The van der Waals surface area contributed by atoms with E-state index in [1.807, 2.05) is 24.3 Å². The van der Waals surface area contributed by atoms with Gasteiger partial charge in [0.1, 0.15) is 5.75 Å². The maximum atomic E-state index is 5.89. The molecule has 0 saturated carbocycles. The van der Waals surface area contributed by atoms with Crippen molar-refractivity contribution < 1.29 is 4.74 Å². The van der Waals surface area contributed by atoms with E-state index < -0.39 is 0 Å². The zero-order valence-corrected chi connectivity index (χ0v) is 10.4. The van der Waals surface area contributed by atoms with Crippen molar-refractivity contribution in [3.8, 4) is 5.75 Å². The molecule has 1 unspecified atom stereocenters. The molecule has 0 amide bonds. The molecule has 0 spiro atoms. The normalized spacial score (nSPS) is 21.2. The minimum Gasteiger partial charge on any atom is -0.493 e.